The highest BCUT2D eigenvalue weighted by atomic mass is 32.2. The van der Waals surface area contributed by atoms with E-state index in [1.807, 2.05) is 6.92 Å². The quantitative estimate of drug-likeness (QED) is 0.777. The van der Waals surface area contributed by atoms with Crippen LogP contribution in [-0.2, 0) is 16.2 Å². The second-order valence-corrected chi connectivity index (χ2v) is 8.74. The van der Waals surface area contributed by atoms with Gasteiger partial charge in [0.15, 0.2) is 0 Å². The lowest BCUT2D eigenvalue weighted by Gasteiger charge is -2.35. The molecular weight excluding hydrogens is 396 g/mol. The monoisotopic (exact) mass is 417 g/mol. The van der Waals surface area contributed by atoms with Crippen LogP contribution in [0.2, 0.25) is 0 Å². The molecule has 0 spiro atoms. The van der Waals surface area contributed by atoms with Gasteiger partial charge in [-0.1, -0.05) is 24.3 Å². The van der Waals surface area contributed by atoms with Crippen molar-refractivity contribution < 1.29 is 30.9 Å². The van der Waals surface area contributed by atoms with E-state index in [0.717, 1.165) is 26.9 Å². The van der Waals surface area contributed by atoms with Crippen molar-refractivity contribution in [3.05, 3.63) is 65.5 Å². The molecule has 1 atom stereocenters. The van der Waals surface area contributed by atoms with Crippen LogP contribution in [0.25, 0.3) is 0 Å². The third kappa shape index (κ3) is 4.21. The minimum atomic E-state index is -4.74. The van der Waals surface area contributed by atoms with Crippen LogP contribution in [0.3, 0.4) is 0 Å². The van der Waals surface area contributed by atoms with Crippen LogP contribution in [0.15, 0.2) is 53.4 Å². The molecule has 1 aliphatic rings. The fourth-order valence-corrected chi connectivity index (χ4v) is 5.15. The van der Waals surface area contributed by atoms with Crippen LogP contribution < -0.4 is 4.90 Å². The molecule has 0 aromatic heterocycles. The van der Waals surface area contributed by atoms with Crippen LogP contribution in [0.5, 0.6) is 0 Å². The number of alkyl halides is 3. The highest BCUT2D eigenvalue weighted by molar-refractivity contribution is 7.89. The first-order chi connectivity index (χ1) is 13.1. The van der Waals surface area contributed by atoms with Crippen molar-refractivity contribution in [3.63, 3.8) is 0 Å². The van der Waals surface area contributed by atoms with Crippen LogP contribution >= 0.6 is 0 Å². The van der Waals surface area contributed by atoms with Crippen LogP contribution in [-0.4, -0.2) is 38.9 Å². The van der Waals surface area contributed by atoms with Crippen molar-refractivity contribution in [2.45, 2.75) is 24.0 Å². The summed E-state index contributed by atoms with van der Waals surface area (Å²) < 4.78 is 79.5. The van der Waals surface area contributed by atoms with E-state index in [1.54, 1.807) is 12.1 Å². The molecule has 152 valence electrons. The van der Waals surface area contributed by atoms with Gasteiger partial charge in [0, 0.05) is 5.56 Å². The second kappa shape index (κ2) is 7.81. The number of hydrogen-bond acceptors (Lipinski definition) is 2. The zero-order chi connectivity index (χ0) is 20.5. The highest BCUT2D eigenvalue weighted by Gasteiger charge is 2.40. The molecule has 1 fully saturated rings. The van der Waals surface area contributed by atoms with E-state index < -0.39 is 26.7 Å². The predicted octanol–water partition coefficient (Wildman–Crippen LogP) is 2.49. The third-order valence-electron chi connectivity index (χ3n) is 5.16. The summed E-state index contributed by atoms with van der Waals surface area (Å²) in [6.45, 7) is 3.11. The van der Waals surface area contributed by atoms with Crippen molar-refractivity contribution in [1.29, 1.82) is 0 Å². The predicted molar refractivity (Wildman–Crippen MR) is 95.7 cm³/mol. The summed E-state index contributed by atoms with van der Waals surface area (Å²) in [6, 6.07) is 10.4. The maximum Gasteiger partial charge on any atom is 0.417 e. The number of nitrogens with zero attached hydrogens (tertiary/aromatic N) is 1. The molecular formula is C19H21F4N2O2S+. The van der Waals surface area contributed by atoms with Gasteiger partial charge in [0.2, 0.25) is 10.0 Å². The standard InChI is InChI=1S/C19H20F4N2O2S/c1-14(15-6-8-16(20)9-7-15)24-10-12-25(13-11-24)28(26,27)18-5-3-2-4-17(18)19(21,22)23/h2-9,14H,10-13H2,1H3/p+1/t14-/m1/s1. The molecule has 2 aromatic rings. The molecule has 0 amide bonds. The Kier molecular flexibility index (Phi) is 5.79. The van der Waals surface area contributed by atoms with Gasteiger partial charge in [0.05, 0.1) is 36.6 Å². The third-order valence-corrected chi connectivity index (χ3v) is 7.11. The molecule has 1 aliphatic heterocycles. The number of benzene rings is 2. The number of quaternary nitrogens is 1. The molecule has 1 N–H and O–H groups in total. The van der Waals surface area contributed by atoms with Gasteiger partial charge in [-0.2, -0.15) is 17.5 Å². The van der Waals surface area contributed by atoms with Crippen LogP contribution in [0.4, 0.5) is 17.6 Å². The zero-order valence-corrected chi connectivity index (χ0v) is 16.0. The van der Waals surface area contributed by atoms with Crippen molar-refractivity contribution >= 4 is 10.0 Å². The van der Waals surface area contributed by atoms with Crippen molar-refractivity contribution in [2.75, 3.05) is 26.2 Å². The first-order valence-corrected chi connectivity index (χ1v) is 10.3. The number of piperazine rings is 1. The fourth-order valence-electron chi connectivity index (χ4n) is 3.50. The highest BCUT2D eigenvalue weighted by Crippen LogP contribution is 2.35. The van der Waals surface area contributed by atoms with Gasteiger partial charge in [0.25, 0.3) is 0 Å². The van der Waals surface area contributed by atoms with Crippen LogP contribution in [0, 0.1) is 5.82 Å². The first-order valence-electron chi connectivity index (χ1n) is 8.87. The second-order valence-electron chi connectivity index (χ2n) is 6.83. The fraction of sp³-hybridized carbons (Fsp3) is 0.368. The Hall–Kier alpha value is -1.97. The summed E-state index contributed by atoms with van der Waals surface area (Å²) in [4.78, 5) is 0.389. The molecule has 0 bridgehead atoms. The van der Waals surface area contributed by atoms with Gasteiger partial charge in [-0.05, 0) is 31.2 Å². The van der Waals surface area contributed by atoms with Crippen LogP contribution in [0.1, 0.15) is 24.1 Å². The maximum atomic E-state index is 13.2. The number of halogens is 4. The van der Waals surface area contributed by atoms with Gasteiger partial charge in [0.1, 0.15) is 11.9 Å². The first kappa shape index (κ1) is 20.8. The van der Waals surface area contributed by atoms with E-state index in [2.05, 4.69) is 0 Å². The number of hydrogen-bond donors (Lipinski definition) is 1. The molecule has 4 nitrogen and oxygen atoms in total. The number of nitrogens with one attached hydrogen (secondary N) is 1. The van der Waals surface area contributed by atoms with Gasteiger partial charge in [-0.3, -0.25) is 0 Å². The van der Waals surface area contributed by atoms with E-state index in [1.165, 1.54) is 24.3 Å². The van der Waals surface area contributed by atoms with E-state index in [0.29, 0.717) is 13.1 Å². The molecule has 9 heteroatoms. The smallest absolute Gasteiger partial charge is 0.327 e. The largest absolute Gasteiger partial charge is 0.417 e. The Morgan fingerprint density at radius 3 is 2.14 bits per heavy atom. The molecule has 0 saturated carbocycles. The molecule has 2 aromatic carbocycles. The Bertz CT molecular complexity index is 922. The average molecular weight is 417 g/mol. The summed E-state index contributed by atoms with van der Waals surface area (Å²) in [5, 5.41) is 0. The maximum absolute atomic E-state index is 13.2. The Morgan fingerprint density at radius 2 is 1.57 bits per heavy atom. The van der Waals surface area contributed by atoms with Gasteiger partial charge < -0.3 is 4.90 Å². The topological polar surface area (TPSA) is 41.8 Å². The molecule has 0 unspecified atom stereocenters. The van der Waals surface area contributed by atoms with Gasteiger partial charge in [-0.15, -0.1) is 0 Å². The minimum absolute atomic E-state index is 0.0212. The lowest BCUT2D eigenvalue weighted by Crippen LogP contribution is -3.14. The lowest BCUT2D eigenvalue weighted by molar-refractivity contribution is -0.933. The minimum Gasteiger partial charge on any atom is -0.327 e. The van der Waals surface area contributed by atoms with Gasteiger partial charge >= 0.3 is 6.18 Å². The summed E-state index contributed by atoms with van der Waals surface area (Å²) >= 11 is 0. The van der Waals surface area contributed by atoms with Gasteiger partial charge in [-0.25, -0.2) is 12.8 Å². The van der Waals surface area contributed by atoms with E-state index in [4.69, 9.17) is 0 Å². The number of sulfonamides is 1. The molecule has 1 heterocycles. The van der Waals surface area contributed by atoms with Crippen molar-refractivity contribution in [2.24, 2.45) is 0 Å². The Balaban J connectivity index is 1.75. The number of rotatable bonds is 4. The summed E-state index contributed by atoms with van der Waals surface area (Å²) in [5.41, 5.74) is -0.223. The molecule has 3 rings (SSSR count). The Labute approximate surface area is 161 Å². The molecule has 28 heavy (non-hydrogen) atoms. The zero-order valence-electron chi connectivity index (χ0n) is 15.2. The molecule has 0 radical (unpaired) electrons. The van der Waals surface area contributed by atoms with Crippen molar-refractivity contribution in [1.82, 2.24) is 4.31 Å². The lowest BCUT2D eigenvalue weighted by atomic mass is 10.1. The molecule has 1 saturated heterocycles. The van der Waals surface area contributed by atoms with E-state index >= 15 is 0 Å². The molecule has 0 aliphatic carbocycles. The average Bonchev–Trinajstić information content (AvgIpc) is 2.67. The summed E-state index contributed by atoms with van der Waals surface area (Å²) in [5.74, 6) is -0.329. The summed E-state index contributed by atoms with van der Waals surface area (Å²) in [7, 11) is -4.24. The normalized spacial score (nSPS) is 18.2. The van der Waals surface area contributed by atoms with E-state index in [9.17, 15) is 26.0 Å². The van der Waals surface area contributed by atoms with Crippen molar-refractivity contribution in [3.8, 4) is 0 Å². The Morgan fingerprint density at radius 1 is 1.00 bits per heavy atom. The SMILES string of the molecule is C[C@H](c1ccc(F)cc1)[NH+]1CCN(S(=O)(=O)c2ccccc2C(F)(F)F)CC1. The van der Waals surface area contributed by atoms with E-state index in [-0.39, 0.29) is 24.9 Å². The summed E-state index contributed by atoms with van der Waals surface area (Å²) in [6.07, 6.45) is -4.74.